The van der Waals surface area contributed by atoms with Crippen LogP contribution in [0.3, 0.4) is 0 Å². The zero-order chi connectivity index (χ0) is 25.9. The number of sulfonamides is 1. The fourth-order valence-electron chi connectivity index (χ4n) is 3.18. The summed E-state index contributed by atoms with van der Waals surface area (Å²) in [7, 11) is -4.00. The third kappa shape index (κ3) is 6.71. The van der Waals surface area contributed by atoms with Gasteiger partial charge in [0.15, 0.2) is 0 Å². The van der Waals surface area contributed by atoms with E-state index >= 15 is 0 Å². The van der Waals surface area contributed by atoms with Gasteiger partial charge in [-0.25, -0.2) is 9.78 Å². The topological polar surface area (TPSA) is 111 Å². The van der Waals surface area contributed by atoms with Crippen molar-refractivity contribution >= 4 is 62.0 Å². The maximum atomic E-state index is 13.0. The summed E-state index contributed by atoms with van der Waals surface area (Å²) in [5.41, 5.74) is 0.841. The van der Waals surface area contributed by atoms with Gasteiger partial charge in [0.2, 0.25) is 5.09 Å². The number of ether oxygens (including phenoxy) is 1. The van der Waals surface area contributed by atoms with Crippen molar-refractivity contribution in [3.05, 3.63) is 77.4 Å². The molecule has 8 nitrogen and oxygen atoms in total. The van der Waals surface area contributed by atoms with E-state index in [-0.39, 0.29) is 5.09 Å². The Hall–Kier alpha value is -3.21. The average Bonchev–Trinajstić information content (AvgIpc) is 3.23. The average molecular weight is 546 g/mol. The number of nitrogens with zero attached hydrogens (tertiary/aromatic N) is 1. The summed E-state index contributed by atoms with van der Waals surface area (Å²) in [5, 5.41) is 3.49. The van der Waals surface area contributed by atoms with Gasteiger partial charge in [-0.15, -0.1) is 11.8 Å². The van der Waals surface area contributed by atoms with Crippen LogP contribution in [0.25, 0.3) is 11.0 Å². The summed E-state index contributed by atoms with van der Waals surface area (Å²) in [4.78, 5) is 17.1. The molecule has 0 spiro atoms. The van der Waals surface area contributed by atoms with E-state index in [1.54, 1.807) is 75.4 Å². The lowest BCUT2D eigenvalue weighted by atomic mass is 10.2. The zero-order valence-electron chi connectivity index (χ0n) is 19.7. The summed E-state index contributed by atoms with van der Waals surface area (Å²) >= 11 is 7.52. The maximum absolute atomic E-state index is 13.0. The number of fused-ring (bicyclic) bond motifs is 1. The molecule has 188 valence electrons. The number of hydrogen-bond donors (Lipinski definition) is 2. The molecule has 1 amide bonds. The molecule has 2 N–H and O–H groups in total. The van der Waals surface area contributed by atoms with Gasteiger partial charge in [-0.3, -0.25) is 10.0 Å². The van der Waals surface area contributed by atoms with Crippen LogP contribution in [-0.2, 0) is 20.5 Å². The van der Waals surface area contributed by atoms with Crippen LogP contribution in [0, 0.1) is 0 Å². The number of aromatic nitrogens is 1. The van der Waals surface area contributed by atoms with Crippen molar-refractivity contribution in [3.8, 4) is 0 Å². The van der Waals surface area contributed by atoms with Gasteiger partial charge >= 0.3 is 6.09 Å². The molecular formula is C25H24ClN3O5S2. The second-order valence-electron chi connectivity index (χ2n) is 8.78. The van der Waals surface area contributed by atoms with Crippen molar-refractivity contribution in [1.82, 2.24) is 4.98 Å². The minimum absolute atomic E-state index is 0.192. The molecule has 0 fully saturated rings. The number of halogens is 1. The largest absolute Gasteiger partial charge is 0.444 e. The second kappa shape index (κ2) is 10.4. The van der Waals surface area contributed by atoms with E-state index in [9.17, 15) is 13.2 Å². The molecule has 2 heterocycles. The van der Waals surface area contributed by atoms with Gasteiger partial charge in [0.25, 0.3) is 10.0 Å². The van der Waals surface area contributed by atoms with Crippen molar-refractivity contribution in [2.75, 3.05) is 10.0 Å². The maximum Gasteiger partial charge on any atom is 0.413 e. The van der Waals surface area contributed by atoms with Crippen LogP contribution in [0.15, 0.2) is 81.1 Å². The van der Waals surface area contributed by atoms with Crippen LogP contribution < -0.4 is 10.0 Å². The first-order chi connectivity index (χ1) is 17.0. The molecule has 0 radical (unpaired) electrons. The van der Waals surface area contributed by atoms with E-state index in [1.807, 2.05) is 0 Å². The summed E-state index contributed by atoms with van der Waals surface area (Å²) < 4.78 is 39.4. The summed E-state index contributed by atoms with van der Waals surface area (Å²) in [5.74, 6) is 0.759. The molecule has 0 aliphatic carbocycles. The van der Waals surface area contributed by atoms with Crippen molar-refractivity contribution in [2.45, 2.75) is 42.1 Å². The SMILES string of the molecule is CC(C)(C)OC(=O)Nc1cccc(CSc2ccc(Cl)cc2NS(=O)(=O)c2cc3ccccc3o2)n1. The number of hydrogen-bond acceptors (Lipinski definition) is 7. The van der Waals surface area contributed by atoms with Crippen LogP contribution in [-0.4, -0.2) is 25.1 Å². The number of amides is 1. The Bertz CT molecular complexity index is 1480. The highest BCUT2D eigenvalue weighted by Gasteiger charge is 2.22. The fourth-order valence-corrected chi connectivity index (χ4v) is 5.35. The highest BCUT2D eigenvalue weighted by molar-refractivity contribution is 7.98. The van der Waals surface area contributed by atoms with E-state index < -0.39 is 21.7 Å². The fraction of sp³-hybridized carbons (Fsp3) is 0.200. The van der Waals surface area contributed by atoms with Crippen molar-refractivity contribution in [2.24, 2.45) is 0 Å². The van der Waals surface area contributed by atoms with Gasteiger partial charge in [-0.2, -0.15) is 8.42 Å². The normalized spacial score (nSPS) is 11.9. The molecule has 2 aromatic carbocycles. The number of carbonyl (C=O) groups is 1. The number of carbonyl (C=O) groups excluding carboxylic acids is 1. The van der Waals surface area contributed by atoms with Crippen molar-refractivity contribution in [1.29, 1.82) is 0 Å². The molecule has 0 bridgehead atoms. The quantitative estimate of drug-likeness (QED) is 0.242. The van der Waals surface area contributed by atoms with Crippen molar-refractivity contribution in [3.63, 3.8) is 0 Å². The molecular weight excluding hydrogens is 522 g/mol. The van der Waals surface area contributed by atoms with E-state index in [2.05, 4.69) is 15.0 Å². The summed E-state index contributed by atoms with van der Waals surface area (Å²) in [6.45, 7) is 5.33. The Morgan fingerprint density at radius 3 is 2.61 bits per heavy atom. The Labute approximate surface area is 218 Å². The molecule has 0 aliphatic rings. The molecule has 0 atom stereocenters. The molecule has 0 saturated carbocycles. The number of furan rings is 1. The van der Waals surface area contributed by atoms with Crippen molar-refractivity contribution < 1.29 is 22.4 Å². The van der Waals surface area contributed by atoms with Crippen LogP contribution in [0.4, 0.5) is 16.3 Å². The van der Waals surface area contributed by atoms with Gasteiger partial charge in [0.1, 0.15) is 17.0 Å². The van der Waals surface area contributed by atoms with E-state index in [0.29, 0.717) is 43.8 Å². The second-order valence-corrected chi connectivity index (χ2v) is 11.8. The molecule has 4 rings (SSSR count). The number of nitrogens with one attached hydrogen (secondary N) is 2. The van der Waals surface area contributed by atoms with Crippen LogP contribution in [0.5, 0.6) is 0 Å². The third-order valence-electron chi connectivity index (χ3n) is 4.67. The molecule has 2 aromatic heterocycles. The standard InChI is InChI=1S/C25H24ClN3O5S2/c1-25(2,3)34-24(30)28-22-10-6-8-18(27-22)15-35-21-12-11-17(26)14-19(21)29-36(31,32)23-13-16-7-4-5-9-20(16)33-23/h4-14,29H,15H2,1-3H3,(H,27,28,30). The lowest BCUT2D eigenvalue weighted by molar-refractivity contribution is 0.0635. The van der Waals surface area contributed by atoms with E-state index in [1.165, 1.54) is 23.9 Å². The predicted octanol–water partition coefficient (Wildman–Crippen LogP) is 6.92. The van der Waals surface area contributed by atoms with Gasteiger partial charge in [0.05, 0.1) is 11.4 Å². The Morgan fingerprint density at radius 1 is 1.08 bits per heavy atom. The molecule has 0 saturated heterocycles. The highest BCUT2D eigenvalue weighted by Crippen LogP contribution is 2.34. The van der Waals surface area contributed by atoms with E-state index in [4.69, 9.17) is 20.8 Å². The number of para-hydroxylation sites is 1. The van der Waals surface area contributed by atoms with Crippen LogP contribution in [0.2, 0.25) is 5.02 Å². The Morgan fingerprint density at radius 2 is 1.86 bits per heavy atom. The van der Waals surface area contributed by atoms with Gasteiger partial charge in [-0.05, 0) is 57.2 Å². The summed E-state index contributed by atoms with van der Waals surface area (Å²) in [6.07, 6.45) is -0.597. The number of thioether (sulfide) groups is 1. The monoisotopic (exact) mass is 545 g/mol. The highest BCUT2D eigenvalue weighted by atomic mass is 35.5. The smallest absolute Gasteiger partial charge is 0.413 e. The van der Waals surface area contributed by atoms with Gasteiger partial charge in [0, 0.05) is 27.1 Å². The van der Waals surface area contributed by atoms with Gasteiger partial charge in [-0.1, -0.05) is 35.9 Å². The molecule has 0 aliphatic heterocycles. The summed E-state index contributed by atoms with van der Waals surface area (Å²) in [6, 6.07) is 18.7. The molecule has 36 heavy (non-hydrogen) atoms. The Balaban J connectivity index is 1.49. The number of pyridine rings is 1. The first kappa shape index (κ1) is 25.9. The third-order valence-corrected chi connectivity index (χ3v) is 7.23. The number of rotatable bonds is 7. The first-order valence-corrected chi connectivity index (χ1v) is 13.7. The molecule has 11 heteroatoms. The minimum Gasteiger partial charge on any atom is -0.444 e. The Kier molecular flexibility index (Phi) is 7.49. The number of benzene rings is 2. The van der Waals surface area contributed by atoms with Crippen LogP contribution >= 0.6 is 23.4 Å². The zero-order valence-corrected chi connectivity index (χ0v) is 22.1. The van der Waals surface area contributed by atoms with Gasteiger partial charge < -0.3 is 9.15 Å². The molecule has 4 aromatic rings. The lowest BCUT2D eigenvalue weighted by Crippen LogP contribution is -2.27. The minimum atomic E-state index is -4.00. The van der Waals surface area contributed by atoms with E-state index in [0.717, 1.165) is 0 Å². The first-order valence-electron chi connectivity index (χ1n) is 10.9. The van der Waals surface area contributed by atoms with Crippen LogP contribution in [0.1, 0.15) is 26.5 Å². The number of anilines is 2. The predicted molar refractivity (Wildman–Crippen MR) is 142 cm³/mol. The molecule has 0 unspecified atom stereocenters. The lowest BCUT2D eigenvalue weighted by Gasteiger charge is -2.19.